The van der Waals surface area contributed by atoms with E-state index in [2.05, 4.69) is 36.1 Å². The summed E-state index contributed by atoms with van der Waals surface area (Å²) < 4.78 is 2.14. The van der Waals surface area contributed by atoms with Crippen molar-refractivity contribution >= 4 is 17.3 Å². The van der Waals surface area contributed by atoms with Crippen LogP contribution in [0.5, 0.6) is 0 Å². The number of aliphatic hydroxyl groups excluding tert-OH is 1. The number of aromatic nitrogens is 1. The van der Waals surface area contributed by atoms with Gasteiger partial charge in [0.25, 0.3) is 0 Å². The first-order valence-corrected chi connectivity index (χ1v) is 7.28. The average Bonchev–Trinajstić information content (AvgIpc) is 2.81. The third kappa shape index (κ3) is 2.02. The molecule has 0 fully saturated rings. The highest BCUT2D eigenvalue weighted by Crippen LogP contribution is 2.46. The molecule has 20 heavy (non-hydrogen) atoms. The monoisotopic (exact) mass is 290 g/mol. The van der Waals surface area contributed by atoms with E-state index in [1.807, 2.05) is 18.2 Å². The van der Waals surface area contributed by atoms with Crippen LogP contribution in [0.2, 0.25) is 5.02 Å². The molecule has 1 atom stereocenters. The third-order valence-electron chi connectivity index (χ3n) is 4.15. The summed E-state index contributed by atoms with van der Waals surface area (Å²) in [5, 5.41) is 13.5. The van der Waals surface area contributed by atoms with Gasteiger partial charge in [-0.15, -0.1) is 0 Å². The van der Waals surface area contributed by atoms with Crippen LogP contribution in [0.3, 0.4) is 0 Å². The van der Waals surface area contributed by atoms with Crippen molar-refractivity contribution in [2.24, 2.45) is 7.05 Å². The third-order valence-corrected chi connectivity index (χ3v) is 4.38. The van der Waals surface area contributed by atoms with Gasteiger partial charge in [-0.3, -0.25) is 0 Å². The molecule has 0 amide bonds. The van der Waals surface area contributed by atoms with Gasteiger partial charge in [0.15, 0.2) is 0 Å². The van der Waals surface area contributed by atoms with E-state index in [9.17, 15) is 0 Å². The van der Waals surface area contributed by atoms with Crippen LogP contribution in [0.4, 0.5) is 5.69 Å². The molecule has 3 rings (SSSR count). The number of rotatable bonds is 3. The zero-order valence-corrected chi connectivity index (χ0v) is 12.5. The number of hydrogen-bond acceptors (Lipinski definition) is 2. The zero-order chi connectivity index (χ0) is 14.3. The molecule has 1 aliphatic rings. The molecule has 0 radical (unpaired) electrons. The summed E-state index contributed by atoms with van der Waals surface area (Å²) in [4.78, 5) is 0. The van der Waals surface area contributed by atoms with E-state index in [-0.39, 0.29) is 12.1 Å². The van der Waals surface area contributed by atoms with Crippen LogP contribution in [0.25, 0.3) is 11.3 Å². The number of benzene rings is 1. The molecule has 2 heterocycles. The Morgan fingerprint density at radius 3 is 2.90 bits per heavy atom. The number of nitrogens with one attached hydrogen (secondary N) is 1. The molecule has 0 unspecified atom stereocenters. The molecule has 106 valence electrons. The van der Waals surface area contributed by atoms with Gasteiger partial charge in [0.05, 0.1) is 11.2 Å². The maximum atomic E-state index is 9.15. The molecule has 2 N–H and O–H groups in total. The van der Waals surface area contributed by atoms with Crippen LogP contribution in [0.1, 0.15) is 25.3 Å². The Hall–Kier alpha value is -1.45. The first-order chi connectivity index (χ1) is 9.55. The van der Waals surface area contributed by atoms with Gasteiger partial charge in [0, 0.05) is 41.7 Å². The molecular formula is C16H19ClN2O. The van der Waals surface area contributed by atoms with Crippen LogP contribution in [0.15, 0.2) is 30.5 Å². The minimum atomic E-state index is -0.153. The molecule has 1 aromatic carbocycles. The molecule has 3 nitrogen and oxygen atoms in total. The SMILES string of the molecule is Cn1ccc2c1-c1cc(Cl)ccc1N[C@]2(C)CCCO. The smallest absolute Gasteiger partial charge is 0.0619 e. The van der Waals surface area contributed by atoms with Crippen molar-refractivity contribution in [1.82, 2.24) is 4.57 Å². The Kier molecular flexibility index (Phi) is 3.27. The van der Waals surface area contributed by atoms with Crippen molar-refractivity contribution in [2.45, 2.75) is 25.3 Å². The number of fused-ring (bicyclic) bond motifs is 3. The number of aryl methyl sites for hydroxylation is 1. The number of nitrogens with zero attached hydrogens (tertiary/aromatic N) is 1. The van der Waals surface area contributed by atoms with Crippen molar-refractivity contribution in [3.63, 3.8) is 0 Å². The lowest BCUT2D eigenvalue weighted by Crippen LogP contribution is -2.35. The minimum Gasteiger partial charge on any atom is -0.396 e. The van der Waals surface area contributed by atoms with Gasteiger partial charge in [0.1, 0.15) is 0 Å². The summed E-state index contributed by atoms with van der Waals surface area (Å²) in [6.07, 6.45) is 3.75. The van der Waals surface area contributed by atoms with E-state index < -0.39 is 0 Å². The highest BCUT2D eigenvalue weighted by molar-refractivity contribution is 6.31. The normalized spacial score (nSPS) is 20.2. The molecule has 2 aromatic rings. The largest absolute Gasteiger partial charge is 0.396 e. The summed E-state index contributed by atoms with van der Waals surface area (Å²) in [5.74, 6) is 0. The van der Waals surface area contributed by atoms with Crippen molar-refractivity contribution in [3.8, 4) is 11.3 Å². The van der Waals surface area contributed by atoms with E-state index in [0.717, 1.165) is 29.1 Å². The first-order valence-electron chi connectivity index (χ1n) is 6.90. The minimum absolute atomic E-state index is 0.153. The molecule has 1 aromatic heterocycles. The Morgan fingerprint density at radius 2 is 2.15 bits per heavy atom. The van der Waals surface area contributed by atoms with Gasteiger partial charge in [-0.2, -0.15) is 0 Å². The number of halogens is 1. The average molecular weight is 291 g/mol. The van der Waals surface area contributed by atoms with E-state index in [1.54, 1.807) is 0 Å². The second-order valence-corrected chi connectivity index (χ2v) is 6.10. The van der Waals surface area contributed by atoms with Crippen LogP contribution in [-0.2, 0) is 12.6 Å². The molecule has 0 bridgehead atoms. The lowest BCUT2D eigenvalue weighted by molar-refractivity contribution is 0.270. The second kappa shape index (κ2) is 4.83. The summed E-state index contributed by atoms with van der Waals surface area (Å²) in [6, 6.07) is 8.11. The highest BCUT2D eigenvalue weighted by atomic mass is 35.5. The maximum absolute atomic E-state index is 9.15. The van der Waals surface area contributed by atoms with Gasteiger partial charge in [-0.05, 0) is 44.0 Å². The fourth-order valence-corrected chi connectivity index (χ4v) is 3.30. The van der Waals surface area contributed by atoms with E-state index in [0.29, 0.717) is 0 Å². The van der Waals surface area contributed by atoms with Crippen LogP contribution < -0.4 is 5.32 Å². The lowest BCUT2D eigenvalue weighted by Gasteiger charge is -2.38. The van der Waals surface area contributed by atoms with Crippen molar-refractivity contribution in [2.75, 3.05) is 11.9 Å². The predicted octanol–water partition coefficient (Wildman–Crippen LogP) is 3.76. The number of anilines is 1. The topological polar surface area (TPSA) is 37.2 Å². The van der Waals surface area contributed by atoms with E-state index in [4.69, 9.17) is 16.7 Å². The van der Waals surface area contributed by atoms with E-state index in [1.165, 1.54) is 11.3 Å². The fourth-order valence-electron chi connectivity index (χ4n) is 3.13. The second-order valence-electron chi connectivity index (χ2n) is 5.66. The molecule has 0 spiro atoms. The summed E-state index contributed by atoms with van der Waals surface area (Å²) in [6.45, 7) is 2.41. The summed E-state index contributed by atoms with van der Waals surface area (Å²) in [5.41, 5.74) is 4.57. The Balaban J connectivity index is 2.16. The van der Waals surface area contributed by atoms with Gasteiger partial charge in [-0.1, -0.05) is 11.6 Å². The van der Waals surface area contributed by atoms with Crippen LogP contribution in [-0.4, -0.2) is 16.3 Å². The maximum Gasteiger partial charge on any atom is 0.0619 e. The number of hydrogen-bond donors (Lipinski definition) is 2. The van der Waals surface area contributed by atoms with Gasteiger partial charge in [0.2, 0.25) is 0 Å². The fraction of sp³-hybridized carbons (Fsp3) is 0.375. The Morgan fingerprint density at radius 1 is 1.35 bits per heavy atom. The first kappa shape index (κ1) is 13.5. The number of aliphatic hydroxyl groups is 1. The standard InChI is InChI=1S/C16H19ClN2O/c1-16(7-3-9-20)13-6-8-19(2)15(13)12-10-11(17)4-5-14(12)18-16/h4-6,8,10,18,20H,3,7,9H2,1-2H3/t16-/m1/s1. The van der Waals surface area contributed by atoms with Crippen molar-refractivity contribution in [3.05, 3.63) is 41.0 Å². The predicted molar refractivity (Wildman–Crippen MR) is 83.2 cm³/mol. The zero-order valence-electron chi connectivity index (χ0n) is 11.8. The quantitative estimate of drug-likeness (QED) is 0.903. The van der Waals surface area contributed by atoms with Gasteiger partial charge >= 0.3 is 0 Å². The molecule has 4 heteroatoms. The summed E-state index contributed by atoms with van der Waals surface area (Å²) >= 11 is 6.15. The van der Waals surface area contributed by atoms with Crippen LogP contribution >= 0.6 is 11.6 Å². The van der Waals surface area contributed by atoms with Gasteiger partial charge < -0.3 is 15.0 Å². The van der Waals surface area contributed by atoms with Crippen molar-refractivity contribution in [1.29, 1.82) is 0 Å². The van der Waals surface area contributed by atoms with Crippen molar-refractivity contribution < 1.29 is 5.11 Å². The molecular weight excluding hydrogens is 272 g/mol. The Bertz CT molecular complexity index is 650. The Labute approximate surface area is 124 Å². The highest BCUT2D eigenvalue weighted by Gasteiger charge is 2.35. The van der Waals surface area contributed by atoms with Gasteiger partial charge in [-0.25, -0.2) is 0 Å². The van der Waals surface area contributed by atoms with E-state index >= 15 is 0 Å². The van der Waals surface area contributed by atoms with Crippen LogP contribution in [0, 0.1) is 0 Å². The summed E-state index contributed by atoms with van der Waals surface area (Å²) in [7, 11) is 2.06. The lowest BCUT2D eigenvalue weighted by atomic mass is 9.82. The molecule has 1 aliphatic heterocycles. The molecule has 0 saturated heterocycles. The molecule has 0 aliphatic carbocycles. The molecule has 0 saturated carbocycles.